The number of nitrogens with zero attached hydrogens (tertiary/aromatic N) is 2. The van der Waals surface area contributed by atoms with Crippen LogP contribution in [0, 0.1) is 4.91 Å². The number of benzene rings is 2. The Labute approximate surface area is 194 Å². The SMILES string of the molecule is C=CCc1ccc(N=O)c(-c2cc(CC=C)ccc2OCCSCCCCN=C=S)c1. The Balaban J connectivity index is 2.13. The van der Waals surface area contributed by atoms with Crippen molar-refractivity contribution in [1.29, 1.82) is 0 Å². The normalized spacial score (nSPS) is 10.2. The molecule has 4 nitrogen and oxygen atoms in total. The molecule has 0 heterocycles. The first-order valence-electron chi connectivity index (χ1n) is 10.3. The Kier molecular flexibility index (Phi) is 11.5. The molecule has 0 unspecified atom stereocenters. The van der Waals surface area contributed by atoms with Gasteiger partial charge in [0, 0.05) is 23.4 Å². The molecule has 0 aliphatic heterocycles. The largest absolute Gasteiger partial charge is 0.492 e. The highest BCUT2D eigenvalue weighted by molar-refractivity contribution is 7.99. The number of unbranched alkanes of at least 4 members (excludes halogenated alkanes) is 1. The molecule has 0 N–H and O–H groups in total. The van der Waals surface area contributed by atoms with Crippen LogP contribution in [0.3, 0.4) is 0 Å². The van der Waals surface area contributed by atoms with Crippen LogP contribution < -0.4 is 4.74 Å². The van der Waals surface area contributed by atoms with Gasteiger partial charge in [-0.3, -0.25) is 0 Å². The van der Waals surface area contributed by atoms with E-state index in [0.29, 0.717) is 12.3 Å². The summed E-state index contributed by atoms with van der Waals surface area (Å²) >= 11 is 6.42. The number of allylic oxidation sites excluding steroid dienone is 2. The highest BCUT2D eigenvalue weighted by atomic mass is 32.2. The first kappa shape index (κ1) is 24.7. The number of rotatable bonds is 15. The van der Waals surface area contributed by atoms with Gasteiger partial charge in [0.05, 0.1) is 11.8 Å². The fourth-order valence-electron chi connectivity index (χ4n) is 3.13. The molecule has 0 saturated heterocycles. The smallest absolute Gasteiger partial charge is 0.127 e. The molecular formula is C25H28N2O2S2. The number of hydrogen-bond acceptors (Lipinski definition) is 6. The van der Waals surface area contributed by atoms with Crippen LogP contribution in [0.5, 0.6) is 5.75 Å². The number of thioether (sulfide) groups is 1. The number of aliphatic imine (C=N–C) groups is 1. The number of isothiocyanates is 1. The van der Waals surface area contributed by atoms with Gasteiger partial charge in [-0.1, -0.05) is 24.3 Å². The van der Waals surface area contributed by atoms with Crippen molar-refractivity contribution >= 4 is 34.8 Å². The van der Waals surface area contributed by atoms with Crippen LogP contribution in [-0.2, 0) is 12.8 Å². The van der Waals surface area contributed by atoms with Crippen molar-refractivity contribution in [3.8, 4) is 16.9 Å². The van der Waals surface area contributed by atoms with E-state index in [4.69, 9.17) is 4.74 Å². The van der Waals surface area contributed by atoms with Gasteiger partial charge in [-0.15, -0.1) is 18.1 Å². The summed E-state index contributed by atoms with van der Waals surface area (Å²) in [7, 11) is 0. The number of nitroso groups, excluding NO2 is 1. The third-order valence-corrected chi connectivity index (χ3v) is 5.77. The van der Waals surface area contributed by atoms with Crippen LogP contribution in [0.4, 0.5) is 5.69 Å². The molecule has 2 aromatic rings. The zero-order chi connectivity index (χ0) is 22.3. The molecule has 0 aliphatic rings. The molecule has 0 aliphatic carbocycles. The van der Waals surface area contributed by atoms with E-state index < -0.39 is 0 Å². The second kappa shape index (κ2) is 14.5. The summed E-state index contributed by atoms with van der Waals surface area (Å²) < 4.78 is 6.12. The lowest BCUT2D eigenvalue weighted by molar-refractivity contribution is 0.345. The van der Waals surface area contributed by atoms with Crippen LogP contribution in [-0.4, -0.2) is 29.8 Å². The highest BCUT2D eigenvalue weighted by Crippen LogP contribution is 2.38. The maximum Gasteiger partial charge on any atom is 0.127 e. The third-order valence-electron chi connectivity index (χ3n) is 4.61. The van der Waals surface area contributed by atoms with Gasteiger partial charge < -0.3 is 4.74 Å². The van der Waals surface area contributed by atoms with Gasteiger partial charge in [0.1, 0.15) is 11.4 Å². The predicted molar refractivity (Wildman–Crippen MR) is 137 cm³/mol. The average molecular weight is 453 g/mol. The molecule has 0 fully saturated rings. The minimum atomic E-state index is 0.404. The van der Waals surface area contributed by atoms with E-state index in [-0.39, 0.29) is 0 Å². The van der Waals surface area contributed by atoms with Crippen LogP contribution in [0.15, 0.2) is 71.9 Å². The molecule has 0 spiro atoms. The maximum absolute atomic E-state index is 11.5. The topological polar surface area (TPSA) is 51.0 Å². The highest BCUT2D eigenvalue weighted by Gasteiger charge is 2.14. The maximum atomic E-state index is 11.5. The Morgan fingerprint density at radius 1 is 1.00 bits per heavy atom. The summed E-state index contributed by atoms with van der Waals surface area (Å²) in [4.78, 5) is 15.4. The quantitative estimate of drug-likeness (QED) is 0.0942. The minimum Gasteiger partial charge on any atom is -0.492 e. The van der Waals surface area contributed by atoms with Crippen LogP contribution in [0.25, 0.3) is 11.1 Å². The lowest BCUT2D eigenvalue weighted by atomic mass is 9.96. The monoisotopic (exact) mass is 452 g/mol. The first-order chi connectivity index (χ1) is 15.2. The van der Waals surface area contributed by atoms with E-state index >= 15 is 0 Å². The number of ether oxygens (including phenoxy) is 1. The van der Waals surface area contributed by atoms with Crippen LogP contribution in [0.2, 0.25) is 0 Å². The first-order valence-corrected chi connectivity index (χ1v) is 11.8. The van der Waals surface area contributed by atoms with Gasteiger partial charge >= 0.3 is 0 Å². The predicted octanol–water partition coefficient (Wildman–Crippen LogP) is 7.20. The molecule has 0 radical (unpaired) electrons. The lowest BCUT2D eigenvalue weighted by Crippen LogP contribution is -2.03. The molecule has 162 valence electrons. The lowest BCUT2D eigenvalue weighted by Gasteiger charge is -2.15. The zero-order valence-corrected chi connectivity index (χ0v) is 19.4. The fourth-order valence-corrected chi connectivity index (χ4v) is 4.04. The van der Waals surface area contributed by atoms with E-state index in [9.17, 15) is 4.91 Å². The third kappa shape index (κ3) is 8.25. The van der Waals surface area contributed by atoms with Crippen molar-refractivity contribution in [2.24, 2.45) is 10.2 Å². The minimum absolute atomic E-state index is 0.404. The van der Waals surface area contributed by atoms with E-state index in [1.807, 2.05) is 48.2 Å². The van der Waals surface area contributed by atoms with Gasteiger partial charge in [0.15, 0.2) is 0 Å². The van der Waals surface area contributed by atoms with E-state index in [1.165, 1.54) is 0 Å². The molecule has 0 amide bonds. The summed E-state index contributed by atoms with van der Waals surface area (Å²) in [6.45, 7) is 8.97. The van der Waals surface area contributed by atoms with E-state index in [0.717, 1.165) is 71.7 Å². The molecule has 0 atom stereocenters. The Morgan fingerprint density at radius 3 is 2.39 bits per heavy atom. The van der Waals surface area contributed by atoms with Crippen molar-refractivity contribution in [2.75, 3.05) is 24.7 Å². The molecule has 0 saturated carbocycles. The molecule has 0 aromatic heterocycles. The Hall–Kier alpha value is -2.53. The second-order valence-electron chi connectivity index (χ2n) is 6.90. The summed E-state index contributed by atoms with van der Waals surface area (Å²) in [5, 5.41) is 5.63. The summed E-state index contributed by atoms with van der Waals surface area (Å²) in [5.41, 5.74) is 4.24. The van der Waals surface area contributed by atoms with Gasteiger partial charge in [-0.25, -0.2) is 4.99 Å². The fraction of sp³-hybridized carbons (Fsp3) is 0.320. The molecule has 2 aromatic carbocycles. The average Bonchev–Trinajstić information content (AvgIpc) is 2.79. The van der Waals surface area contributed by atoms with E-state index in [1.54, 1.807) is 6.07 Å². The van der Waals surface area contributed by atoms with Crippen molar-refractivity contribution in [3.63, 3.8) is 0 Å². The van der Waals surface area contributed by atoms with Crippen molar-refractivity contribution < 1.29 is 4.74 Å². The standard InChI is InChI=1S/C25H28N2O2S2/c1-3-7-20-9-11-24(27-28)22(17-20)23-18-21(8-4-2)10-12-25(23)29-14-16-31-15-6-5-13-26-19-30/h3-4,9-12,17-18H,1-2,5-8,13-16H2. The molecular weight excluding hydrogens is 424 g/mol. The Morgan fingerprint density at radius 2 is 1.71 bits per heavy atom. The zero-order valence-electron chi connectivity index (χ0n) is 17.7. The number of thiocarbonyl (C=S) groups is 1. The van der Waals surface area contributed by atoms with Gasteiger partial charge in [-0.05, 0) is 84.2 Å². The molecule has 0 bridgehead atoms. The van der Waals surface area contributed by atoms with Gasteiger partial charge in [0.2, 0.25) is 0 Å². The molecule has 6 heteroatoms. The number of hydrogen-bond donors (Lipinski definition) is 0. The van der Waals surface area contributed by atoms with Gasteiger partial charge in [-0.2, -0.15) is 11.8 Å². The summed E-state index contributed by atoms with van der Waals surface area (Å²) in [5.74, 6) is 2.70. The van der Waals surface area contributed by atoms with Crippen molar-refractivity contribution in [1.82, 2.24) is 0 Å². The van der Waals surface area contributed by atoms with Crippen LogP contribution >= 0.6 is 24.0 Å². The summed E-state index contributed by atoms with van der Waals surface area (Å²) in [6, 6.07) is 11.7. The van der Waals surface area contributed by atoms with E-state index in [2.05, 4.69) is 46.8 Å². The second-order valence-corrected chi connectivity index (χ2v) is 8.31. The molecule has 2 rings (SSSR count). The summed E-state index contributed by atoms with van der Waals surface area (Å²) in [6.07, 6.45) is 7.29. The van der Waals surface area contributed by atoms with Crippen molar-refractivity contribution in [2.45, 2.75) is 25.7 Å². The molecule has 31 heavy (non-hydrogen) atoms. The van der Waals surface area contributed by atoms with Gasteiger partial charge in [0.25, 0.3) is 0 Å². The Bertz CT molecular complexity index is 937. The van der Waals surface area contributed by atoms with Crippen LogP contribution in [0.1, 0.15) is 24.0 Å². The van der Waals surface area contributed by atoms with Crippen molar-refractivity contribution in [3.05, 3.63) is 77.7 Å².